The fraction of sp³-hybridized carbons (Fsp3) is 0.227. The SMILES string of the molecule is O=C(O)CCN(Cc1cccc(Cc2ccccc2)c1)Cc1ccco1. The van der Waals surface area contributed by atoms with Gasteiger partial charge in [0, 0.05) is 13.1 Å². The van der Waals surface area contributed by atoms with E-state index in [0.717, 1.165) is 12.2 Å². The first-order valence-corrected chi connectivity index (χ1v) is 8.77. The summed E-state index contributed by atoms with van der Waals surface area (Å²) in [6.07, 6.45) is 2.65. The summed E-state index contributed by atoms with van der Waals surface area (Å²) in [6.45, 7) is 1.78. The molecular weight excluding hydrogens is 326 g/mol. The van der Waals surface area contributed by atoms with Crippen molar-refractivity contribution in [3.8, 4) is 0 Å². The maximum atomic E-state index is 11.0. The molecule has 3 aromatic rings. The van der Waals surface area contributed by atoms with Crippen molar-refractivity contribution >= 4 is 5.97 Å². The number of carbonyl (C=O) groups is 1. The van der Waals surface area contributed by atoms with Gasteiger partial charge in [-0.05, 0) is 35.2 Å². The average Bonchev–Trinajstić information content (AvgIpc) is 3.14. The number of carboxylic acids is 1. The zero-order valence-electron chi connectivity index (χ0n) is 14.7. The molecule has 134 valence electrons. The third kappa shape index (κ3) is 5.60. The third-order valence-corrected chi connectivity index (χ3v) is 4.25. The Labute approximate surface area is 153 Å². The molecule has 0 aliphatic rings. The minimum Gasteiger partial charge on any atom is -0.481 e. The molecule has 0 amide bonds. The second-order valence-electron chi connectivity index (χ2n) is 6.42. The lowest BCUT2D eigenvalue weighted by Gasteiger charge is -2.21. The van der Waals surface area contributed by atoms with Crippen LogP contribution in [-0.2, 0) is 24.3 Å². The number of aliphatic carboxylic acids is 1. The van der Waals surface area contributed by atoms with Crippen LogP contribution >= 0.6 is 0 Å². The summed E-state index contributed by atoms with van der Waals surface area (Å²) < 4.78 is 5.42. The molecule has 3 rings (SSSR count). The van der Waals surface area contributed by atoms with E-state index in [1.165, 1.54) is 16.7 Å². The Kier molecular flexibility index (Phi) is 6.23. The van der Waals surface area contributed by atoms with Crippen LogP contribution in [0.5, 0.6) is 0 Å². The first kappa shape index (κ1) is 18.0. The van der Waals surface area contributed by atoms with Crippen LogP contribution in [0, 0.1) is 0 Å². The molecule has 4 nitrogen and oxygen atoms in total. The van der Waals surface area contributed by atoms with E-state index in [2.05, 4.69) is 53.4 Å². The summed E-state index contributed by atoms with van der Waals surface area (Å²) in [6, 6.07) is 22.6. The number of furan rings is 1. The topological polar surface area (TPSA) is 53.7 Å². The quantitative estimate of drug-likeness (QED) is 0.624. The van der Waals surface area contributed by atoms with Crippen LogP contribution < -0.4 is 0 Å². The third-order valence-electron chi connectivity index (χ3n) is 4.25. The Morgan fingerprint density at radius 1 is 0.885 bits per heavy atom. The van der Waals surface area contributed by atoms with Crippen molar-refractivity contribution in [1.82, 2.24) is 4.90 Å². The maximum absolute atomic E-state index is 11.0. The molecular formula is C22H23NO3. The first-order valence-electron chi connectivity index (χ1n) is 8.77. The number of rotatable bonds is 9. The van der Waals surface area contributed by atoms with Crippen LogP contribution in [0.25, 0.3) is 0 Å². The van der Waals surface area contributed by atoms with Gasteiger partial charge in [0.15, 0.2) is 0 Å². The Bertz CT molecular complexity index is 812. The van der Waals surface area contributed by atoms with Crippen molar-refractivity contribution in [2.75, 3.05) is 6.54 Å². The van der Waals surface area contributed by atoms with Gasteiger partial charge in [0.2, 0.25) is 0 Å². The van der Waals surface area contributed by atoms with Crippen molar-refractivity contribution in [3.63, 3.8) is 0 Å². The van der Waals surface area contributed by atoms with Gasteiger partial charge in [0.25, 0.3) is 0 Å². The summed E-state index contributed by atoms with van der Waals surface area (Å²) >= 11 is 0. The molecule has 0 fully saturated rings. The van der Waals surface area contributed by atoms with E-state index in [9.17, 15) is 4.79 Å². The molecule has 4 heteroatoms. The second-order valence-corrected chi connectivity index (χ2v) is 6.42. The summed E-state index contributed by atoms with van der Waals surface area (Å²) in [5.41, 5.74) is 3.71. The average molecular weight is 349 g/mol. The number of hydrogen-bond donors (Lipinski definition) is 1. The van der Waals surface area contributed by atoms with E-state index in [1.807, 2.05) is 18.2 Å². The van der Waals surface area contributed by atoms with Gasteiger partial charge in [-0.25, -0.2) is 0 Å². The molecule has 0 spiro atoms. The van der Waals surface area contributed by atoms with Gasteiger partial charge in [0.1, 0.15) is 5.76 Å². The normalized spacial score (nSPS) is 11.0. The number of carboxylic acid groups (broad SMARTS) is 1. The van der Waals surface area contributed by atoms with Gasteiger partial charge in [-0.15, -0.1) is 0 Å². The van der Waals surface area contributed by atoms with E-state index in [-0.39, 0.29) is 6.42 Å². The van der Waals surface area contributed by atoms with E-state index >= 15 is 0 Å². The first-order chi connectivity index (χ1) is 12.7. The summed E-state index contributed by atoms with van der Waals surface area (Å²) in [4.78, 5) is 13.1. The minimum atomic E-state index is -0.785. The molecule has 0 saturated carbocycles. The summed E-state index contributed by atoms with van der Waals surface area (Å²) in [7, 11) is 0. The number of benzene rings is 2. The predicted molar refractivity (Wildman–Crippen MR) is 101 cm³/mol. The second kappa shape index (κ2) is 9.02. The van der Waals surface area contributed by atoms with Crippen molar-refractivity contribution in [2.45, 2.75) is 25.9 Å². The molecule has 26 heavy (non-hydrogen) atoms. The lowest BCUT2D eigenvalue weighted by Crippen LogP contribution is -2.25. The molecule has 0 unspecified atom stereocenters. The maximum Gasteiger partial charge on any atom is 0.304 e. The highest BCUT2D eigenvalue weighted by Crippen LogP contribution is 2.15. The largest absolute Gasteiger partial charge is 0.481 e. The number of hydrogen-bond acceptors (Lipinski definition) is 3. The van der Waals surface area contributed by atoms with E-state index in [4.69, 9.17) is 9.52 Å². The molecule has 0 atom stereocenters. The van der Waals surface area contributed by atoms with E-state index in [0.29, 0.717) is 19.6 Å². The van der Waals surface area contributed by atoms with Crippen LogP contribution in [-0.4, -0.2) is 22.5 Å². The Morgan fingerprint density at radius 3 is 2.38 bits per heavy atom. The van der Waals surface area contributed by atoms with Crippen molar-refractivity contribution in [1.29, 1.82) is 0 Å². The van der Waals surface area contributed by atoms with Gasteiger partial charge in [0.05, 0.1) is 19.2 Å². The van der Waals surface area contributed by atoms with Crippen molar-refractivity contribution < 1.29 is 14.3 Å². The van der Waals surface area contributed by atoms with Crippen LogP contribution in [0.15, 0.2) is 77.4 Å². The Morgan fingerprint density at radius 2 is 1.65 bits per heavy atom. The highest BCUT2D eigenvalue weighted by Gasteiger charge is 2.11. The molecule has 1 heterocycles. The predicted octanol–water partition coefficient (Wildman–Crippen LogP) is 4.35. The lowest BCUT2D eigenvalue weighted by molar-refractivity contribution is -0.137. The van der Waals surface area contributed by atoms with Crippen LogP contribution in [0.1, 0.15) is 28.9 Å². The summed E-state index contributed by atoms with van der Waals surface area (Å²) in [5.74, 6) is 0.0584. The monoisotopic (exact) mass is 349 g/mol. The molecule has 0 bridgehead atoms. The number of nitrogens with zero attached hydrogens (tertiary/aromatic N) is 1. The molecule has 0 radical (unpaired) electrons. The standard InChI is InChI=1S/C22H23NO3/c24-22(25)11-12-23(17-21-10-5-13-26-21)16-20-9-4-8-19(15-20)14-18-6-2-1-3-7-18/h1-10,13,15H,11-12,14,16-17H2,(H,24,25). The molecule has 0 aliphatic carbocycles. The lowest BCUT2D eigenvalue weighted by atomic mass is 10.0. The fourth-order valence-corrected chi connectivity index (χ4v) is 3.02. The van der Waals surface area contributed by atoms with E-state index < -0.39 is 5.97 Å². The van der Waals surface area contributed by atoms with Crippen LogP contribution in [0.4, 0.5) is 0 Å². The smallest absolute Gasteiger partial charge is 0.304 e. The highest BCUT2D eigenvalue weighted by atomic mass is 16.4. The van der Waals surface area contributed by atoms with Crippen LogP contribution in [0.3, 0.4) is 0 Å². The van der Waals surface area contributed by atoms with Gasteiger partial charge in [-0.3, -0.25) is 9.69 Å². The van der Waals surface area contributed by atoms with Crippen molar-refractivity contribution in [3.05, 3.63) is 95.4 Å². The Balaban J connectivity index is 1.68. The highest BCUT2D eigenvalue weighted by molar-refractivity contribution is 5.66. The molecule has 1 N–H and O–H groups in total. The molecule has 0 saturated heterocycles. The van der Waals surface area contributed by atoms with E-state index in [1.54, 1.807) is 6.26 Å². The fourth-order valence-electron chi connectivity index (χ4n) is 3.02. The minimum absolute atomic E-state index is 0.115. The van der Waals surface area contributed by atoms with Gasteiger partial charge >= 0.3 is 5.97 Å². The van der Waals surface area contributed by atoms with Gasteiger partial charge in [-0.1, -0.05) is 54.6 Å². The molecule has 2 aromatic carbocycles. The van der Waals surface area contributed by atoms with Gasteiger partial charge in [-0.2, -0.15) is 0 Å². The van der Waals surface area contributed by atoms with Crippen molar-refractivity contribution in [2.24, 2.45) is 0 Å². The molecule has 1 aromatic heterocycles. The Hall–Kier alpha value is -2.85. The zero-order chi connectivity index (χ0) is 18.2. The van der Waals surface area contributed by atoms with Crippen LogP contribution in [0.2, 0.25) is 0 Å². The summed E-state index contributed by atoms with van der Waals surface area (Å²) in [5, 5.41) is 9.01. The zero-order valence-corrected chi connectivity index (χ0v) is 14.7. The molecule has 0 aliphatic heterocycles. The van der Waals surface area contributed by atoms with Gasteiger partial charge < -0.3 is 9.52 Å².